The molecule has 0 saturated heterocycles. The van der Waals surface area contributed by atoms with Crippen LogP contribution in [0.2, 0.25) is 0 Å². The zero-order chi connectivity index (χ0) is 13.3. The Morgan fingerprint density at radius 3 is 2.33 bits per heavy atom. The SMILES string of the molecule is Cc1cnc(C(O)C2CC(C)CC(C)C2)c(C)c1. The van der Waals surface area contributed by atoms with Gasteiger partial charge < -0.3 is 5.11 Å². The lowest BCUT2D eigenvalue weighted by Crippen LogP contribution is -2.25. The van der Waals surface area contributed by atoms with Crippen LogP contribution in [0.3, 0.4) is 0 Å². The molecule has 1 aliphatic rings. The number of rotatable bonds is 2. The number of pyridine rings is 1. The molecule has 3 unspecified atom stereocenters. The smallest absolute Gasteiger partial charge is 0.0990 e. The van der Waals surface area contributed by atoms with Crippen molar-refractivity contribution < 1.29 is 5.11 Å². The monoisotopic (exact) mass is 247 g/mol. The maximum Gasteiger partial charge on any atom is 0.0990 e. The van der Waals surface area contributed by atoms with Crippen LogP contribution in [-0.4, -0.2) is 10.1 Å². The van der Waals surface area contributed by atoms with Crippen LogP contribution in [0.4, 0.5) is 0 Å². The van der Waals surface area contributed by atoms with E-state index in [9.17, 15) is 5.11 Å². The fourth-order valence-electron chi connectivity index (χ4n) is 3.53. The number of aryl methyl sites for hydroxylation is 2. The first-order chi connectivity index (χ1) is 8.47. The Balaban J connectivity index is 2.17. The van der Waals surface area contributed by atoms with E-state index in [-0.39, 0.29) is 0 Å². The molecule has 0 bridgehead atoms. The minimum absolute atomic E-state index is 0.373. The molecule has 1 heterocycles. The summed E-state index contributed by atoms with van der Waals surface area (Å²) in [6.07, 6.45) is 5.02. The van der Waals surface area contributed by atoms with E-state index in [4.69, 9.17) is 0 Å². The third-order valence-corrected chi connectivity index (χ3v) is 4.20. The lowest BCUT2D eigenvalue weighted by atomic mass is 9.73. The van der Waals surface area contributed by atoms with Crippen LogP contribution >= 0.6 is 0 Å². The van der Waals surface area contributed by atoms with Crippen LogP contribution in [-0.2, 0) is 0 Å². The zero-order valence-corrected chi connectivity index (χ0v) is 12.0. The van der Waals surface area contributed by atoms with E-state index in [1.807, 2.05) is 20.0 Å². The lowest BCUT2D eigenvalue weighted by molar-refractivity contribution is 0.0517. The molecule has 2 nitrogen and oxygen atoms in total. The average Bonchev–Trinajstić information content (AvgIpc) is 2.26. The number of aliphatic hydroxyl groups is 1. The molecule has 0 aromatic carbocycles. The minimum atomic E-state index is -0.393. The first-order valence-corrected chi connectivity index (χ1v) is 7.08. The predicted molar refractivity (Wildman–Crippen MR) is 74.3 cm³/mol. The van der Waals surface area contributed by atoms with E-state index in [1.165, 1.54) is 6.42 Å². The number of aliphatic hydroxyl groups excluding tert-OH is 1. The van der Waals surface area contributed by atoms with Crippen molar-refractivity contribution in [3.05, 3.63) is 29.1 Å². The van der Waals surface area contributed by atoms with Gasteiger partial charge in [-0.3, -0.25) is 4.98 Å². The van der Waals surface area contributed by atoms with E-state index in [1.54, 1.807) is 0 Å². The molecule has 0 aliphatic heterocycles. The van der Waals surface area contributed by atoms with E-state index in [2.05, 4.69) is 24.9 Å². The quantitative estimate of drug-likeness (QED) is 0.862. The Labute approximate surface area is 110 Å². The molecule has 0 radical (unpaired) electrons. The summed E-state index contributed by atoms with van der Waals surface area (Å²) in [4.78, 5) is 4.45. The standard InChI is InChI=1S/C16H25NO/c1-10-5-11(2)8-14(7-10)16(18)15-13(4)6-12(3)9-17-15/h6,9-11,14,16,18H,5,7-8H2,1-4H3. The molecular formula is C16H25NO. The summed E-state index contributed by atoms with van der Waals surface area (Å²) in [5, 5.41) is 10.6. The molecule has 1 fully saturated rings. The average molecular weight is 247 g/mol. The van der Waals surface area contributed by atoms with Crippen LogP contribution in [0.25, 0.3) is 0 Å². The Morgan fingerprint density at radius 2 is 1.78 bits per heavy atom. The van der Waals surface area contributed by atoms with Crippen molar-refractivity contribution in [2.24, 2.45) is 17.8 Å². The van der Waals surface area contributed by atoms with Gasteiger partial charge in [-0.05, 0) is 62.0 Å². The number of nitrogens with zero attached hydrogens (tertiary/aromatic N) is 1. The van der Waals surface area contributed by atoms with Crippen molar-refractivity contribution >= 4 is 0 Å². The molecule has 1 aromatic heterocycles. The van der Waals surface area contributed by atoms with Crippen molar-refractivity contribution in [2.75, 3.05) is 0 Å². The van der Waals surface area contributed by atoms with E-state index in [0.717, 1.165) is 41.5 Å². The van der Waals surface area contributed by atoms with Crippen molar-refractivity contribution in [1.29, 1.82) is 0 Å². The molecule has 0 spiro atoms. The van der Waals surface area contributed by atoms with Gasteiger partial charge >= 0.3 is 0 Å². The summed E-state index contributed by atoms with van der Waals surface area (Å²) in [5.41, 5.74) is 3.16. The Morgan fingerprint density at radius 1 is 1.17 bits per heavy atom. The van der Waals surface area contributed by atoms with Crippen molar-refractivity contribution in [3.8, 4) is 0 Å². The zero-order valence-electron chi connectivity index (χ0n) is 12.0. The van der Waals surface area contributed by atoms with E-state index in [0.29, 0.717) is 5.92 Å². The fraction of sp³-hybridized carbons (Fsp3) is 0.688. The van der Waals surface area contributed by atoms with Crippen molar-refractivity contribution in [2.45, 2.75) is 53.1 Å². The number of aromatic nitrogens is 1. The molecule has 1 aliphatic carbocycles. The minimum Gasteiger partial charge on any atom is -0.387 e. The van der Waals surface area contributed by atoms with Crippen LogP contribution in [0, 0.1) is 31.6 Å². The molecule has 0 amide bonds. The summed E-state index contributed by atoms with van der Waals surface area (Å²) >= 11 is 0. The molecule has 1 N–H and O–H groups in total. The molecule has 1 saturated carbocycles. The van der Waals surface area contributed by atoms with Gasteiger partial charge in [-0.15, -0.1) is 0 Å². The molecule has 100 valence electrons. The maximum absolute atomic E-state index is 10.6. The normalized spacial score (nSPS) is 30.2. The highest BCUT2D eigenvalue weighted by Crippen LogP contribution is 2.39. The summed E-state index contributed by atoms with van der Waals surface area (Å²) in [5.74, 6) is 1.82. The Hall–Kier alpha value is -0.890. The largest absolute Gasteiger partial charge is 0.387 e. The van der Waals surface area contributed by atoms with Crippen LogP contribution in [0.5, 0.6) is 0 Å². The Kier molecular flexibility index (Phi) is 4.06. The lowest BCUT2D eigenvalue weighted by Gasteiger charge is -2.34. The van der Waals surface area contributed by atoms with Gasteiger partial charge in [-0.1, -0.05) is 19.9 Å². The van der Waals surface area contributed by atoms with Gasteiger partial charge in [0.25, 0.3) is 0 Å². The Bertz CT molecular complexity index is 406. The van der Waals surface area contributed by atoms with Crippen LogP contribution in [0.1, 0.15) is 56.0 Å². The number of hydrogen-bond donors (Lipinski definition) is 1. The van der Waals surface area contributed by atoms with Gasteiger partial charge in [0.1, 0.15) is 0 Å². The third-order valence-electron chi connectivity index (χ3n) is 4.20. The maximum atomic E-state index is 10.6. The fourth-order valence-corrected chi connectivity index (χ4v) is 3.53. The molecule has 2 heteroatoms. The first-order valence-electron chi connectivity index (χ1n) is 7.08. The second kappa shape index (κ2) is 5.40. The second-order valence-electron chi connectivity index (χ2n) is 6.34. The molecule has 3 atom stereocenters. The summed E-state index contributed by atoms with van der Waals surface area (Å²) in [6.45, 7) is 8.69. The van der Waals surface area contributed by atoms with Crippen LogP contribution in [0.15, 0.2) is 12.3 Å². The highest BCUT2D eigenvalue weighted by Gasteiger charge is 2.31. The van der Waals surface area contributed by atoms with Gasteiger partial charge in [-0.25, -0.2) is 0 Å². The van der Waals surface area contributed by atoms with Gasteiger partial charge in [-0.2, -0.15) is 0 Å². The predicted octanol–water partition coefficient (Wildman–Crippen LogP) is 3.80. The van der Waals surface area contributed by atoms with E-state index < -0.39 is 6.10 Å². The molecule has 18 heavy (non-hydrogen) atoms. The molecule has 2 rings (SSSR count). The number of hydrogen-bond acceptors (Lipinski definition) is 2. The van der Waals surface area contributed by atoms with Gasteiger partial charge in [0.2, 0.25) is 0 Å². The van der Waals surface area contributed by atoms with Gasteiger partial charge in [0.15, 0.2) is 0 Å². The summed E-state index contributed by atoms with van der Waals surface area (Å²) < 4.78 is 0. The van der Waals surface area contributed by atoms with Crippen LogP contribution < -0.4 is 0 Å². The highest BCUT2D eigenvalue weighted by molar-refractivity contribution is 5.25. The first kappa shape index (κ1) is 13.5. The van der Waals surface area contributed by atoms with E-state index >= 15 is 0 Å². The second-order valence-corrected chi connectivity index (χ2v) is 6.34. The van der Waals surface area contributed by atoms with Gasteiger partial charge in [0, 0.05) is 6.20 Å². The van der Waals surface area contributed by atoms with Gasteiger partial charge in [0.05, 0.1) is 11.8 Å². The summed E-state index contributed by atoms with van der Waals surface area (Å²) in [6, 6.07) is 2.11. The molecule has 1 aromatic rings. The molecular weight excluding hydrogens is 222 g/mol. The highest BCUT2D eigenvalue weighted by atomic mass is 16.3. The van der Waals surface area contributed by atoms with Crippen molar-refractivity contribution in [1.82, 2.24) is 4.98 Å². The summed E-state index contributed by atoms with van der Waals surface area (Å²) in [7, 11) is 0. The third kappa shape index (κ3) is 2.92. The topological polar surface area (TPSA) is 33.1 Å². The van der Waals surface area contributed by atoms with Crippen molar-refractivity contribution in [3.63, 3.8) is 0 Å².